The molecule has 1 saturated heterocycles. The number of rotatable bonds is 3. The Morgan fingerprint density at radius 2 is 1.65 bits per heavy atom. The van der Waals surface area contributed by atoms with Crippen LogP contribution in [0.1, 0.15) is 10.4 Å². The van der Waals surface area contributed by atoms with E-state index in [0.29, 0.717) is 5.56 Å². The molecule has 0 aromatic heterocycles. The first-order valence-corrected chi connectivity index (χ1v) is 7.17. The maximum absolute atomic E-state index is 12.4. The zero-order chi connectivity index (χ0) is 16.4. The number of anilines is 1. The highest BCUT2D eigenvalue weighted by molar-refractivity contribution is 6.37. The second-order valence-corrected chi connectivity index (χ2v) is 5.22. The second kappa shape index (κ2) is 6.06. The molecular weight excluding hydrogens is 316 g/mol. The van der Waals surface area contributed by atoms with Crippen LogP contribution in [0, 0.1) is 0 Å². The molecule has 1 aliphatic heterocycles. The van der Waals surface area contributed by atoms with Crippen molar-refractivity contribution in [2.75, 3.05) is 4.90 Å². The van der Waals surface area contributed by atoms with Crippen molar-refractivity contribution in [3.63, 3.8) is 0 Å². The molecule has 1 N–H and O–H groups in total. The Balaban J connectivity index is 1.91. The summed E-state index contributed by atoms with van der Waals surface area (Å²) in [6.45, 7) is 0. The quantitative estimate of drug-likeness (QED) is 0.535. The monoisotopic (exact) mass is 326 g/mol. The smallest absolute Gasteiger partial charge is 0.302 e. The third-order valence-corrected chi connectivity index (χ3v) is 3.62. The molecule has 2 aromatic rings. The van der Waals surface area contributed by atoms with E-state index in [1.807, 2.05) is 0 Å². The first kappa shape index (κ1) is 15.0. The van der Waals surface area contributed by atoms with Crippen LogP contribution < -0.4 is 10.2 Å². The molecule has 0 atom stereocenters. The molecule has 0 saturated carbocycles. The molecule has 1 fully saturated rings. The Bertz CT molecular complexity index is 831. The standard InChI is InChI=1S/C17H11ClN2O3/c18-12-8-4-5-9-14(12)20-16(22)13(19-17(20)23)10-15(21)11-6-2-1-3-7-11/h1-10H,(H,19,23). The van der Waals surface area contributed by atoms with Crippen LogP contribution in [0.2, 0.25) is 5.02 Å². The summed E-state index contributed by atoms with van der Waals surface area (Å²) in [6, 6.07) is 14.3. The van der Waals surface area contributed by atoms with Crippen molar-refractivity contribution in [3.05, 3.63) is 77.0 Å². The molecule has 0 aliphatic carbocycles. The SMILES string of the molecule is O=C(C=C1NC(=O)N(c2ccccc2Cl)C1=O)c1ccccc1. The number of nitrogens with zero attached hydrogens (tertiary/aromatic N) is 1. The molecular formula is C17H11ClN2O3. The van der Waals surface area contributed by atoms with Gasteiger partial charge in [-0.3, -0.25) is 9.59 Å². The zero-order valence-corrected chi connectivity index (χ0v) is 12.6. The first-order valence-electron chi connectivity index (χ1n) is 6.79. The Morgan fingerprint density at radius 3 is 2.35 bits per heavy atom. The highest BCUT2D eigenvalue weighted by Gasteiger charge is 2.36. The molecule has 1 heterocycles. The van der Waals surface area contributed by atoms with Crippen LogP contribution in [-0.2, 0) is 4.79 Å². The van der Waals surface area contributed by atoms with E-state index in [9.17, 15) is 14.4 Å². The summed E-state index contributed by atoms with van der Waals surface area (Å²) >= 11 is 6.02. The number of amides is 3. The van der Waals surface area contributed by atoms with E-state index in [1.165, 1.54) is 0 Å². The summed E-state index contributed by atoms with van der Waals surface area (Å²) in [5.41, 5.74) is 0.620. The number of allylic oxidation sites excluding steroid dienone is 1. The van der Waals surface area contributed by atoms with Crippen molar-refractivity contribution < 1.29 is 14.4 Å². The van der Waals surface area contributed by atoms with E-state index in [4.69, 9.17) is 11.6 Å². The predicted molar refractivity (Wildman–Crippen MR) is 86.3 cm³/mol. The molecule has 2 aromatic carbocycles. The highest BCUT2D eigenvalue weighted by atomic mass is 35.5. The normalized spacial score (nSPS) is 15.9. The van der Waals surface area contributed by atoms with Crippen LogP contribution in [0.5, 0.6) is 0 Å². The number of benzene rings is 2. The van der Waals surface area contributed by atoms with Crippen LogP contribution in [0.25, 0.3) is 0 Å². The molecule has 6 heteroatoms. The minimum atomic E-state index is -0.643. The number of nitrogens with one attached hydrogen (secondary N) is 1. The lowest BCUT2D eigenvalue weighted by molar-refractivity contribution is -0.113. The number of carbonyl (C=O) groups excluding carboxylic acids is 3. The summed E-state index contributed by atoms with van der Waals surface area (Å²) < 4.78 is 0. The molecule has 3 amide bonds. The van der Waals surface area contributed by atoms with Gasteiger partial charge in [-0.15, -0.1) is 0 Å². The van der Waals surface area contributed by atoms with Gasteiger partial charge in [-0.1, -0.05) is 54.1 Å². The van der Waals surface area contributed by atoms with Gasteiger partial charge >= 0.3 is 6.03 Å². The minimum Gasteiger partial charge on any atom is -0.302 e. The van der Waals surface area contributed by atoms with Crippen LogP contribution in [0.3, 0.4) is 0 Å². The number of ketones is 1. The average Bonchev–Trinajstić information content (AvgIpc) is 2.83. The average molecular weight is 327 g/mol. The number of hydrogen-bond acceptors (Lipinski definition) is 3. The van der Waals surface area contributed by atoms with Gasteiger partial charge in [-0.25, -0.2) is 9.69 Å². The minimum absolute atomic E-state index is 0.0798. The molecule has 23 heavy (non-hydrogen) atoms. The highest BCUT2D eigenvalue weighted by Crippen LogP contribution is 2.28. The number of hydrogen-bond donors (Lipinski definition) is 1. The van der Waals surface area contributed by atoms with Gasteiger partial charge in [0, 0.05) is 11.6 Å². The van der Waals surface area contributed by atoms with Crippen molar-refractivity contribution in [1.29, 1.82) is 0 Å². The zero-order valence-electron chi connectivity index (χ0n) is 11.8. The number of para-hydroxylation sites is 1. The molecule has 0 unspecified atom stereocenters. The van der Waals surface area contributed by atoms with Crippen LogP contribution in [0.15, 0.2) is 66.4 Å². The number of urea groups is 1. The van der Waals surface area contributed by atoms with Gasteiger partial charge < -0.3 is 5.32 Å². The summed E-state index contributed by atoms with van der Waals surface area (Å²) in [5.74, 6) is -0.984. The van der Waals surface area contributed by atoms with E-state index in [2.05, 4.69) is 5.32 Å². The van der Waals surface area contributed by atoms with Gasteiger partial charge in [-0.05, 0) is 12.1 Å². The van der Waals surface area contributed by atoms with E-state index in [-0.39, 0.29) is 22.2 Å². The predicted octanol–water partition coefficient (Wildman–Crippen LogP) is 3.16. The van der Waals surface area contributed by atoms with Crippen LogP contribution >= 0.6 is 11.6 Å². The fourth-order valence-corrected chi connectivity index (χ4v) is 2.42. The van der Waals surface area contributed by atoms with Gasteiger partial charge in [0.2, 0.25) is 0 Å². The molecule has 0 bridgehead atoms. The molecule has 114 valence electrons. The fourth-order valence-electron chi connectivity index (χ4n) is 2.20. The molecule has 5 nitrogen and oxygen atoms in total. The van der Waals surface area contributed by atoms with E-state index < -0.39 is 11.9 Å². The Morgan fingerprint density at radius 1 is 1.00 bits per heavy atom. The van der Waals surface area contributed by atoms with E-state index in [1.54, 1.807) is 54.6 Å². The number of carbonyl (C=O) groups is 3. The lowest BCUT2D eigenvalue weighted by Crippen LogP contribution is -2.30. The van der Waals surface area contributed by atoms with Crippen LogP contribution in [0.4, 0.5) is 10.5 Å². The van der Waals surface area contributed by atoms with Crippen LogP contribution in [-0.4, -0.2) is 17.7 Å². The Hall–Kier alpha value is -2.92. The maximum atomic E-state index is 12.4. The molecule has 0 radical (unpaired) electrons. The topological polar surface area (TPSA) is 66.5 Å². The van der Waals surface area contributed by atoms with Gasteiger partial charge in [0.15, 0.2) is 5.78 Å². The van der Waals surface area contributed by atoms with Crippen molar-refractivity contribution in [2.45, 2.75) is 0 Å². The molecule has 3 rings (SSSR count). The number of imide groups is 1. The first-order chi connectivity index (χ1) is 11.1. The third kappa shape index (κ3) is 2.86. The summed E-state index contributed by atoms with van der Waals surface area (Å²) in [5, 5.41) is 2.67. The summed E-state index contributed by atoms with van der Waals surface area (Å²) in [4.78, 5) is 37.5. The Kier molecular flexibility index (Phi) is 3.95. The lowest BCUT2D eigenvalue weighted by Gasteiger charge is -2.12. The van der Waals surface area contributed by atoms with Gasteiger partial charge in [0.25, 0.3) is 5.91 Å². The van der Waals surface area contributed by atoms with Gasteiger partial charge in [0.05, 0.1) is 10.7 Å². The Labute approximate surface area is 137 Å². The van der Waals surface area contributed by atoms with Crippen molar-refractivity contribution >= 4 is 35.0 Å². The third-order valence-electron chi connectivity index (χ3n) is 3.31. The number of halogens is 1. The van der Waals surface area contributed by atoms with E-state index in [0.717, 1.165) is 11.0 Å². The van der Waals surface area contributed by atoms with Gasteiger partial charge in [-0.2, -0.15) is 0 Å². The van der Waals surface area contributed by atoms with E-state index >= 15 is 0 Å². The molecule has 1 aliphatic rings. The second-order valence-electron chi connectivity index (χ2n) is 4.81. The summed E-state index contributed by atoms with van der Waals surface area (Å²) in [7, 11) is 0. The van der Waals surface area contributed by atoms with Crippen molar-refractivity contribution in [1.82, 2.24) is 5.32 Å². The van der Waals surface area contributed by atoms with Gasteiger partial charge in [0.1, 0.15) is 5.70 Å². The largest absolute Gasteiger partial charge is 0.333 e. The summed E-state index contributed by atoms with van der Waals surface area (Å²) in [6.07, 6.45) is 1.12. The van der Waals surface area contributed by atoms with Crippen molar-refractivity contribution in [2.24, 2.45) is 0 Å². The fraction of sp³-hybridized carbons (Fsp3) is 0. The molecule has 0 spiro atoms. The maximum Gasteiger partial charge on any atom is 0.333 e. The lowest BCUT2D eigenvalue weighted by atomic mass is 10.1. The van der Waals surface area contributed by atoms with Crippen molar-refractivity contribution in [3.8, 4) is 0 Å².